The second-order valence-electron chi connectivity index (χ2n) is 4.55. The Morgan fingerprint density at radius 3 is 2.84 bits per heavy atom. The molecule has 2 N–H and O–H groups in total. The Balaban J connectivity index is 2.30. The van der Waals surface area contributed by atoms with Gasteiger partial charge in [0, 0.05) is 30.1 Å². The monoisotopic (exact) mass is 252 g/mol. The summed E-state index contributed by atoms with van der Waals surface area (Å²) >= 11 is 0. The van der Waals surface area contributed by atoms with Crippen LogP contribution in [0.25, 0.3) is 16.9 Å². The van der Waals surface area contributed by atoms with E-state index in [2.05, 4.69) is 22.4 Å². The quantitative estimate of drug-likeness (QED) is 0.777. The SMILES string of the molecule is Cc1cccc2nc(-c3cccnc3)c(CCN)n12. The molecule has 4 heteroatoms. The van der Waals surface area contributed by atoms with Gasteiger partial charge in [-0.05, 0) is 37.7 Å². The molecule has 0 aliphatic carbocycles. The largest absolute Gasteiger partial charge is 0.330 e. The summed E-state index contributed by atoms with van der Waals surface area (Å²) in [7, 11) is 0. The predicted octanol–water partition coefficient (Wildman–Crippen LogP) is 2.21. The van der Waals surface area contributed by atoms with Crippen LogP contribution < -0.4 is 5.73 Å². The third-order valence-electron chi connectivity index (χ3n) is 3.25. The molecule has 3 heterocycles. The molecule has 0 amide bonds. The van der Waals surface area contributed by atoms with Crippen molar-refractivity contribution in [1.29, 1.82) is 0 Å². The van der Waals surface area contributed by atoms with Crippen LogP contribution >= 0.6 is 0 Å². The van der Waals surface area contributed by atoms with E-state index in [-0.39, 0.29) is 0 Å². The molecule has 0 fully saturated rings. The van der Waals surface area contributed by atoms with Gasteiger partial charge >= 0.3 is 0 Å². The van der Waals surface area contributed by atoms with E-state index in [1.807, 2.05) is 30.5 Å². The lowest BCUT2D eigenvalue weighted by molar-refractivity contribution is 0.891. The van der Waals surface area contributed by atoms with Gasteiger partial charge in [-0.2, -0.15) is 0 Å². The van der Waals surface area contributed by atoms with Crippen LogP contribution in [0.4, 0.5) is 0 Å². The van der Waals surface area contributed by atoms with Gasteiger partial charge in [0.2, 0.25) is 0 Å². The van der Waals surface area contributed by atoms with Crippen molar-refractivity contribution in [1.82, 2.24) is 14.4 Å². The minimum absolute atomic E-state index is 0.607. The normalized spacial score (nSPS) is 11.1. The van der Waals surface area contributed by atoms with Gasteiger partial charge in [0.1, 0.15) is 5.65 Å². The molecule has 0 aliphatic heterocycles. The van der Waals surface area contributed by atoms with Crippen LogP contribution in [-0.2, 0) is 6.42 Å². The van der Waals surface area contributed by atoms with E-state index < -0.39 is 0 Å². The average molecular weight is 252 g/mol. The first kappa shape index (κ1) is 11.9. The Morgan fingerprint density at radius 1 is 1.21 bits per heavy atom. The summed E-state index contributed by atoms with van der Waals surface area (Å²) in [6.07, 6.45) is 4.42. The number of rotatable bonds is 3. The van der Waals surface area contributed by atoms with Crippen molar-refractivity contribution in [3.63, 3.8) is 0 Å². The Labute approximate surface area is 111 Å². The van der Waals surface area contributed by atoms with Gasteiger partial charge in [-0.1, -0.05) is 6.07 Å². The highest BCUT2D eigenvalue weighted by atomic mass is 15.0. The van der Waals surface area contributed by atoms with E-state index in [0.29, 0.717) is 6.54 Å². The van der Waals surface area contributed by atoms with Crippen molar-refractivity contribution in [2.45, 2.75) is 13.3 Å². The summed E-state index contributed by atoms with van der Waals surface area (Å²) in [6.45, 7) is 2.69. The Hall–Kier alpha value is -2.20. The zero-order valence-electron chi connectivity index (χ0n) is 10.9. The molecule has 0 unspecified atom stereocenters. The van der Waals surface area contributed by atoms with Gasteiger partial charge < -0.3 is 10.1 Å². The second-order valence-corrected chi connectivity index (χ2v) is 4.55. The van der Waals surface area contributed by atoms with Crippen LogP contribution in [0.5, 0.6) is 0 Å². The third-order valence-corrected chi connectivity index (χ3v) is 3.25. The number of nitrogens with zero attached hydrogens (tertiary/aromatic N) is 3. The van der Waals surface area contributed by atoms with Crippen molar-refractivity contribution in [2.75, 3.05) is 6.54 Å². The number of nitrogens with two attached hydrogens (primary N) is 1. The minimum Gasteiger partial charge on any atom is -0.330 e. The summed E-state index contributed by atoms with van der Waals surface area (Å²) in [5, 5.41) is 0. The number of hydrogen-bond acceptors (Lipinski definition) is 3. The van der Waals surface area contributed by atoms with Crippen LogP contribution in [-0.4, -0.2) is 20.9 Å². The molecule has 0 aliphatic rings. The fourth-order valence-electron chi connectivity index (χ4n) is 2.43. The molecular weight excluding hydrogens is 236 g/mol. The first-order valence-electron chi connectivity index (χ1n) is 6.38. The van der Waals surface area contributed by atoms with Crippen LogP contribution in [0.1, 0.15) is 11.4 Å². The van der Waals surface area contributed by atoms with Gasteiger partial charge in [-0.25, -0.2) is 4.98 Å². The summed E-state index contributed by atoms with van der Waals surface area (Å²) in [6, 6.07) is 10.1. The van der Waals surface area contributed by atoms with Gasteiger partial charge in [-0.3, -0.25) is 4.98 Å². The smallest absolute Gasteiger partial charge is 0.137 e. The molecule has 3 rings (SSSR count). The molecule has 0 spiro atoms. The molecule has 19 heavy (non-hydrogen) atoms. The number of aryl methyl sites for hydroxylation is 1. The van der Waals surface area contributed by atoms with Crippen molar-refractivity contribution in [3.05, 3.63) is 54.1 Å². The molecule has 0 saturated carbocycles. The van der Waals surface area contributed by atoms with Crippen LogP contribution in [0, 0.1) is 6.92 Å². The number of imidazole rings is 1. The Kier molecular flexibility index (Phi) is 3.01. The summed E-state index contributed by atoms with van der Waals surface area (Å²) in [5.74, 6) is 0. The molecule has 0 atom stereocenters. The maximum Gasteiger partial charge on any atom is 0.137 e. The Morgan fingerprint density at radius 2 is 2.11 bits per heavy atom. The van der Waals surface area contributed by atoms with Gasteiger partial charge in [0.25, 0.3) is 0 Å². The lowest BCUT2D eigenvalue weighted by Gasteiger charge is -2.06. The number of aromatic nitrogens is 3. The number of fused-ring (bicyclic) bond motifs is 1. The molecule has 0 aromatic carbocycles. The highest BCUT2D eigenvalue weighted by molar-refractivity contribution is 5.66. The zero-order valence-corrected chi connectivity index (χ0v) is 10.9. The molecule has 3 aromatic heterocycles. The zero-order chi connectivity index (χ0) is 13.2. The van der Waals surface area contributed by atoms with Crippen molar-refractivity contribution >= 4 is 5.65 Å². The van der Waals surface area contributed by atoms with Crippen molar-refractivity contribution < 1.29 is 0 Å². The molecular formula is C15H16N4. The molecule has 0 saturated heterocycles. The van der Waals surface area contributed by atoms with Crippen molar-refractivity contribution in [2.24, 2.45) is 5.73 Å². The van der Waals surface area contributed by atoms with E-state index in [1.165, 1.54) is 5.69 Å². The standard InChI is InChI=1S/C15H16N4/c1-11-4-2-6-14-18-15(12-5-3-9-17-10-12)13(7-8-16)19(11)14/h2-6,9-10H,7-8,16H2,1H3. The van der Waals surface area contributed by atoms with Crippen molar-refractivity contribution in [3.8, 4) is 11.3 Å². The lowest BCUT2D eigenvalue weighted by Crippen LogP contribution is -2.07. The van der Waals surface area contributed by atoms with Gasteiger partial charge in [0.05, 0.1) is 11.4 Å². The third kappa shape index (κ3) is 2.00. The van der Waals surface area contributed by atoms with Crippen LogP contribution in [0.15, 0.2) is 42.7 Å². The summed E-state index contributed by atoms with van der Waals surface area (Å²) in [4.78, 5) is 8.90. The first-order chi connectivity index (χ1) is 9.31. The Bertz CT molecular complexity index is 701. The van der Waals surface area contributed by atoms with E-state index in [1.54, 1.807) is 6.20 Å². The minimum atomic E-state index is 0.607. The number of pyridine rings is 2. The maximum absolute atomic E-state index is 5.75. The van der Waals surface area contributed by atoms with Crippen LogP contribution in [0.2, 0.25) is 0 Å². The summed E-state index contributed by atoms with van der Waals surface area (Å²) in [5.41, 5.74) is 11.1. The summed E-state index contributed by atoms with van der Waals surface area (Å²) < 4.78 is 2.18. The topological polar surface area (TPSA) is 56.2 Å². The molecule has 96 valence electrons. The lowest BCUT2D eigenvalue weighted by atomic mass is 10.1. The molecule has 0 radical (unpaired) electrons. The maximum atomic E-state index is 5.75. The molecule has 3 aromatic rings. The first-order valence-corrected chi connectivity index (χ1v) is 6.38. The highest BCUT2D eigenvalue weighted by Gasteiger charge is 2.14. The van der Waals surface area contributed by atoms with Gasteiger partial charge in [0.15, 0.2) is 0 Å². The van der Waals surface area contributed by atoms with E-state index in [0.717, 1.165) is 29.0 Å². The fourth-order valence-corrected chi connectivity index (χ4v) is 2.43. The molecule has 0 bridgehead atoms. The second kappa shape index (κ2) is 4.82. The molecule has 4 nitrogen and oxygen atoms in total. The number of hydrogen-bond donors (Lipinski definition) is 1. The van der Waals surface area contributed by atoms with E-state index in [4.69, 9.17) is 10.7 Å². The van der Waals surface area contributed by atoms with E-state index >= 15 is 0 Å². The average Bonchev–Trinajstić information content (AvgIpc) is 2.81. The highest BCUT2D eigenvalue weighted by Crippen LogP contribution is 2.25. The fraction of sp³-hybridized carbons (Fsp3) is 0.200. The van der Waals surface area contributed by atoms with Crippen LogP contribution in [0.3, 0.4) is 0 Å². The van der Waals surface area contributed by atoms with E-state index in [9.17, 15) is 0 Å². The van der Waals surface area contributed by atoms with Gasteiger partial charge in [-0.15, -0.1) is 0 Å². The predicted molar refractivity (Wildman–Crippen MR) is 75.9 cm³/mol.